The lowest BCUT2D eigenvalue weighted by atomic mass is 10.1. The van der Waals surface area contributed by atoms with Crippen LogP contribution in [-0.2, 0) is 13.8 Å². The van der Waals surface area contributed by atoms with Crippen molar-refractivity contribution in [1.82, 2.24) is 19.5 Å². The number of rotatable bonds is 4. The zero-order chi connectivity index (χ0) is 16.8. The van der Waals surface area contributed by atoms with Crippen LogP contribution in [0.25, 0.3) is 11.2 Å². The molecular weight excluding hydrogens is 349 g/mol. The molecule has 13 nitrogen and oxygen atoms in total. The first-order valence-electron chi connectivity index (χ1n) is 6.42. The Hall–Kier alpha value is -1.70. The van der Waals surface area contributed by atoms with E-state index in [9.17, 15) is 14.8 Å². The second-order valence-electron chi connectivity index (χ2n) is 4.92. The van der Waals surface area contributed by atoms with Crippen LogP contribution in [0.4, 0.5) is 5.82 Å². The summed E-state index contributed by atoms with van der Waals surface area (Å²) in [5.74, 6) is 0.142. The Morgan fingerprint density at radius 2 is 2.00 bits per heavy atom. The van der Waals surface area contributed by atoms with Crippen LogP contribution >= 0.6 is 7.82 Å². The molecule has 0 bridgehead atoms. The fourth-order valence-corrected chi connectivity index (χ4v) is 2.66. The SMILES string of the molecule is Nc1ncnc2c1ncn2[C@H]1O[C@H](COP(=O)(O)O)[C@@H](O)[C@H]1O.O. The van der Waals surface area contributed by atoms with Crippen LogP contribution in [0.15, 0.2) is 12.7 Å². The van der Waals surface area contributed by atoms with Crippen molar-refractivity contribution in [2.45, 2.75) is 24.5 Å². The van der Waals surface area contributed by atoms with Gasteiger partial charge in [-0.2, -0.15) is 0 Å². The van der Waals surface area contributed by atoms with Crippen molar-refractivity contribution in [3.8, 4) is 0 Å². The second kappa shape index (κ2) is 6.66. The van der Waals surface area contributed by atoms with E-state index in [4.69, 9.17) is 20.3 Å². The summed E-state index contributed by atoms with van der Waals surface area (Å²) in [6, 6.07) is 0. The molecule has 0 aliphatic carbocycles. The topological polar surface area (TPSA) is 218 Å². The van der Waals surface area contributed by atoms with Gasteiger partial charge in [0.25, 0.3) is 0 Å². The van der Waals surface area contributed by atoms with Gasteiger partial charge in [0.05, 0.1) is 12.9 Å². The number of phosphoric ester groups is 1. The summed E-state index contributed by atoms with van der Waals surface area (Å²) in [6.45, 7) is -0.594. The van der Waals surface area contributed by atoms with Gasteiger partial charge in [-0.1, -0.05) is 0 Å². The minimum absolute atomic E-state index is 0. The number of nitrogens with two attached hydrogens (primary N) is 1. The Morgan fingerprint density at radius 1 is 1.29 bits per heavy atom. The summed E-state index contributed by atoms with van der Waals surface area (Å²) in [6.07, 6.45) is -2.49. The van der Waals surface area contributed by atoms with E-state index < -0.39 is 39.0 Å². The number of nitrogens with zero attached hydrogens (tertiary/aromatic N) is 4. The number of aromatic nitrogens is 4. The van der Waals surface area contributed by atoms with Crippen LogP contribution in [0.1, 0.15) is 6.23 Å². The number of phosphoric acid groups is 1. The minimum atomic E-state index is -4.72. The van der Waals surface area contributed by atoms with Crippen LogP contribution in [-0.4, -0.2) is 69.9 Å². The summed E-state index contributed by atoms with van der Waals surface area (Å²) in [5, 5.41) is 20.1. The van der Waals surface area contributed by atoms with Crippen molar-refractivity contribution in [2.24, 2.45) is 0 Å². The van der Waals surface area contributed by atoms with Crippen LogP contribution in [0.5, 0.6) is 0 Å². The van der Waals surface area contributed by atoms with E-state index in [2.05, 4.69) is 19.5 Å². The Balaban J connectivity index is 0.00000208. The van der Waals surface area contributed by atoms with Crippen molar-refractivity contribution in [3.63, 3.8) is 0 Å². The predicted octanol–water partition coefficient (Wildman–Crippen LogP) is -2.69. The number of aliphatic hydroxyl groups excluding tert-OH is 2. The second-order valence-corrected chi connectivity index (χ2v) is 6.15. The van der Waals surface area contributed by atoms with Crippen molar-refractivity contribution in [1.29, 1.82) is 0 Å². The maximum Gasteiger partial charge on any atom is 0.469 e. The van der Waals surface area contributed by atoms with E-state index in [-0.39, 0.29) is 16.9 Å². The summed E-state index contributed by atoms with van der Waals surface area (Å²) < 4.78 is 21.8. The molecule has 0 spiro atoms. The van der Waals surface area contributed by atoms with E-state index in [0.717, 1.165) is 0 Å². The van der Waals surface area contributed by atoms with Gasteiger partial charge in [0.15, 0.2) is 17.7 Å². The Kier molecular flexibility index (Phi) is 5.17. The van der Waals surface area contributed by atoms with Gasteiger partial charge in [-0.25, -0.2) is 19.5 Å². The first-order valence-corrected chi connectivity index (χ1v) is 7.95. The van der Waals surface area contributed by atoms with Gasteiger partial charge in [-0.15, -0.1) is 0 Å². The first-order chi connectivity index (χ1) is 10.8. The predicted molar refractivity (Wildman–Crippen MR) is 77.3 cm³/mol. The maximum atomic E-state index is 10.7. The van der Waals surface area contributed by atoms with Crippen molar-refractivity contribution in [2.75, 3.05) is 12.3 Å². The van der Waals surface area contributed by atoms with Gasteiger partial charge >= 0.3 is 7.82 Å². The fourth-order valence-electron chi connectivity index (χ4n) is 2.32. The molecule has 14 heteroatoms. The average Bonchev–Trinajstić information content (AvgIpc) is 3.01. The highest BCUT2D eigenvalue weighted by molar-refractivity contribution is 7.46. The van der Waals surface area contributed by atoms with Gasteiger partial charge in [-0.3, -0.25) is 9.09 Å². The van der Waals surface area contributed by atoms with E-state index >= 15 is 0 Å². The lowest BCUT2D eigenvalue weighted by molar-refractivity contribution is -0.0504. The molecule has 0 aromatic carbocycles. The lowest BCUT2D eigenvalue weighted by Gasteiger charge is -2.16. The number of hydrogen-bond acceptors (Lipinski definition) is 9. The van der Waals surface area contributed by atoms with E-state index in [1.165, 1.54) is 17.2 Å². The molecule has 1 aliphatic heterocycles. The summed E-state index contributed by atoms with van der Waals surface area (Å²) in [4.78, 5) is 29.2. The highest BCUT2D eigenvalue weighted by Crippen LogP contribution is 2.38. The first kappa shape index (κ1) is 18.6. The molecule has 8 N–H and O–H groups in total. The van der Waals surface area contributed by atoms with Crippen molar-refractivity contribution in [3.05, 3.63) is 12.7 Å². The molecule has 0 unspecified atom stereocenters. The number of fused-ring (bicyclic) bond motifs is 1. The number of imidazole rings is 1. The van der Waals surface area contributed by atoms with Gasteiger partial charge < -0.3 is 35.9 Å². The maximum absolute atomic E-state index is 10.7. The van der Waals surface area contributed by atoms with E-state index in [0.29, 0.717) is 5.52 Å². The number of aliphatic hydroxyl groups is 2. The molecular formula is C10H16N5O8P. The number of ether oxygens (including phenoxy) is 1. The molecule has 1 saturated heterocycles. The third kappa shape index (κ3) is 3.38. The summed E-state index contributed by atoms with van der Waals surface area (Å²) in [5.41, 5.74) is 6.25. The Morgan fingerprint density at radius 3 is 2.67 bits per heavy atom. The zero-order valence-electron chi connectivity index (χ0n) is 12.0. The van der Waals surface area contributed by atoms with Crippen LogP contribution in [0.3, 0.4) is 0 Å². The van der Waals surface area contributed by atoms with E-state index in [1.54, 1.807) is 0 Å². The average molecular weight is 365 g/mol. The highest BCUT2D eigenvalue weighted by Gasteiger charge is 2.45. The molecule has 1 aliphatic rings. The van der Waals surface area contributed by atoms with Crippen LogP contribution in [0, 0.1) is 0 Å². The Labute approximate surface area is 134 Å². The van der Waals surface area contributed by atoms with Crippen LogP contribution in [0.2, 0.25) is 0 Å². The molecule has 3 rings (SSSR count). The Bertz CT molecular complexity index is 765. The fraction of sp³-hybridized carbons (Fsp3) is 0.500. The summed E-state index contributed by atoms with van der Waals surface area (Å²) >= 11 is 0. The van der Waals surface area contributed by atoms with Gasteiger partial charge in [-0.05, 0) is 0 Å². The number of hydrogen-bond donors (Lipinski definition) is 5. The van der Waals surface area contributed by atoms with Gasteiger partial charge in [0.1, 0.15) is 30.2 Å². The van der Waals surface area contributed by atoms with Gasteiger partial charge in [0, 0.05) is 0 Å². The largest absolute Gasteiger partial charge is 0.469 e. The third-order valence-corrected chi connectivity index (χ3v) is 3.89. The molecule has 0 amide bonds. The minimum Gasteiger partial charge on any atom is -0.412 e. The molecule has 1 fully saturated rings. The number of nitrogen functional groups attached to an aromatic ring is 1. The smallest absolute Gasteiger partial charge is 0.412 e. The molecule has 0 radical (unpaired) electrons. The molecule has 134 valence electrons. The monoisotopic (exact) mass is 365 g/mol. The molecule has 3 heterocycles. The molecule has 2 aromatic rings. The molecule has 2 aromatic heterocycles. The van der Waals surface area contributed by atoms with Crippen molar-refractivity contribution >= 4 is 24.8 Å². The van der Waals surface area contributed by atoms with Crippen molar-refractivity contribution < 1.29 is 39.3 Å². The lowest BCUT2D eigenvalue weighted by Crippen LogP contribution is -2.33. The molecule has 24 heavy (non-hydrogen) atoms. The van der Waals surface area contributed by atoms with Crippen LogP contribution < -0.4 is 5.73 Å². The quantitative estimate of drug-likeness (QED) is 0.351. The molecule has 4 atom stereocenters. The summed E-state index contributed by atoms with van der Waals surface area (Å²) in [7, 11) is -4.72. The zero-order valence-corrected chi connectivity index (χ0v) is 12.9. The van der Waals surface area contributed by atoms with Gasteiger partial charge in [0.2, 0.25) is 0 Å². The number of anilines is 1. The normalized spacial score (nSPS) is 27.3. The highest BCUT2D eigenvalue weighted by atomic mass is 31.2. The third-order valence-electron chi connectivity index (χ3n) is 3.41. The standard InChI is InChI=1S/C10H14N5O7P.H2O/c11-8-5-9(13-2-12-8)15(3-14-5)10-7(17)6(16)4(22-10)1-21-23(18,19)20;/h2-4,6-7,10,16-17H,1H2,(H2,11,12,13)(H2,18,19,20);1H2/t4-,6-,7-,10+;/m1./s1. The van der Waals surface area contributed by atoms with E-state index in [1.807, 2.05) is 0 Å². The molecule has 0 saturated carbocycles.